The number of ether oxygens (including phenoxy) is 2. The van der Waals surface area contributed by atoms with E-state index in [1.165, 1.54) is 14.0 Å². The average Bonchev–Trinajstić information content (AvgIpc) is 2.91. The van der Waals surface area contributed by atoms with E-state index in [4.69, 9.17) is 9.47 Å². The monoisotopic (exact) mass is 277 g/mol. The summed E-state index contributed by atoms with van der Waals surface area (Å²) in [5.41, 5.74) is 2.81. The number of anilines is 1. The summed E-state index contributed by atoms with van der Waals surface area (Å²) < 4.78 is 10.5. The number of methoxy groups -OCH3 is 1. The van der Waals surface area contributed by atoms with E-state index in [0.29, 0.717) is 11.3 Å². The lowest BCUT2D eigenvalue weighted by Crippen LogP contribution is -2.14. The van der Waals surface area contributed by atoms with Gasteiger partial charge in [-0.05, 0) is 43.0 Å². The van der Waals surface area contributed by atoms with Gasteiger partial charge in [0.05, 0.1) is 24.5 Å². The molecule has 1 heterocycles. The van der Waals surface area contributed by atoms with Gasteiger partial charge >= 0.3 is 5.97 Å². The molecule has 1 aromatic carbocycles. The normalized spacial score (nSPS) is 17.9. The van der Waals surface area contributed by atoms with Crippen LogP contribution >= 0.6 is 0 Å². The van der Waals surface area contributed by atoms with E-state index in [2.05, 4.69) is 5.32 Å². The molecule has 0 spiro atoms. The second-order valence-corrected chi connectivity index (χ2v) is 4.93. The third-order valence-electron chi connectivity index (χ3n) is 3.40. The summed E-state index contributed by atoms with van der Waals surface area (Å²) in [7, 11) is 1.32. The molecule has 1 unspecified atom stereocenters. The lowest BCUT2D eigenvalue weighted by Gasteiger charge is -2.17. The van der Waals surface area contributed by atoms with Crippen LogP contribution in [0.15, 0.2) is 12.1 Å². The number of rotatable bonds is 3. The maximum absolute atomic E-state index is 11.9. The highest BCUT2D eigenvalue weighted by molar-refractivity contribution is 6.01. The maximum Gasteiger partial charge on any atom is 0.339 e. The first-order valence-electron chi connectivity index (χ1n) is 6.65. The van der Waals surface area contributed by atoms with Gasteiger partial charge in [0.2, 0.25) is 5.91 Å². The predicted octanol–water partition coefficient (Wildman–Crippen LogP) is 2.59. The van der Waals surface area contributed by atoms with Crippen LogP contribution in [0.25, 0.3) is 0 Å². The van der Waals surface area contributed by atoms with Crippen molar-refractivity contribution < 1.29 is 19.1 Å². The van der Waals surface area contributed by atoms with Crippen LogP contribution in [-0.2, 0) is 14.3 Å². The van der Waals surface area contributed by atoms with Crippen LogP contribution in [0.3, 0.4) is 0 Å². The number of amides is 1. The number of benzene rings is 1. The average molecular weight is 277 g/mol. The summed E-state index contributed by atoms with van der Waals surface area (Å²) in [6.07, 6.45) is 1.98. The summed E-state index contributed by atoms with van der Waals surface area (Å²) in [6, 6.07) is 3.56. The van der Waals surface area contributed by atoms with Crippen LogP contribution in [0.4, 0.5) is 5.69 Å². The van der Waals surface area contributed by atoms with E-state index in [0.717, 1.165) is 30.6 Å². The highest BCUT2D eigenvalue weighted by Crippen LogP contribution is 2.33. The van der Waals surface area contributed by atoms with Gasteiger partial charge < -0.3 is 14.8 Å². The van der Waals surface area contributed by atoms with Crippen molar-refractivity contribution in [2.75, 3.05) is 19.0 Å². The molecule has 0 radical (unpaired) electrons. The third kappa shape index (κ3) is 2.99. The minimum atomic E-state index is -0.465. The number of nitrogens with one attached hydrogen (secondary N) is 1. The molecule has 2 rings (SSSR count). The van der Waals surface area contributed by atoms with Crippen LogP contribution < -0.4 is 5.32 Å². The fourth-order valence-electron chi connectivity index (χ4n) is 2.47. The summed E-state index contributed by atoms with van der Waals surface area (Å²) in [5, 5.41) is 2.67. The van der Waals surface area contributed by atoms with Crippen molar-refractivity contribution in [2.24, 2.45) is 0 Å². The molecule has 1 atom stereocenters. The van der Waals surface area contributed by atoms with E-state index < -0.39 is 5.97 Å². The molecule has 1 amide bonds. The van der Waals surface area contributed by atoms with Gasteiger partial charge in [0, 0.05) is 13.5 Å². The molecular weight excluding hydrogens is 258 g/mol. The van der Waals surface area contributed by atoms with Gasteiger partial charge in [0.1, 0.15) is 0 Å². The van der Waals surface area contributed by atoms with E-state index in [1.54, 1.807) is 12.1 Å². The minimum absolute atomic E-state index is 0.0183. The first-order chi connectivity index (χ1) is 9.52. The van der Waals surface area contributed by atoms with Gasteiger partial charge in [-0.15, -0.1) is 0 Å². The number of esters is 1. The van der Waals surface area contributed by atoms with Crippen molar-refractivity contribution in [1.82, 2.24) is 0 Å². The molecule has 108 valence electrons. The second kappa shape index (κ2) is 6.05. The van der Waals surface area contributed by atoms with Crippen LogP contribution in [0, 0.1) is 6.92 Å². The molecule has 1 fully saturated rings. The Labute approximate surface area is 118 Å². The molecule has 1 aliphatic heterocycles. The van der Waals surface area contributed by atoms with E-state index in [9.17, 15) is 9.59 Å². The molecule has 1 aromatic rings. The number of carbonyl (C=O) groups is 2. The molecule has 0 aliphatic carbocycles. The van der Waals surface area contributed by atoms with Crippen molar-refractivity contribution in [1.29, 1.82) is 0 Å². The Kier molecular flexibility index (Phi) is 4.39. The zero-order valence-corrected chi connectivity index (χ0v) is 12.0. The minimum Gasteiger partial charge on any atom is -0.465 e. The van der Waals surface area contributed by atoms with E-state index in [1.807, 2.05) is 6.92 Å². The van der Waals surface area contributed by atoms with Gasteiger partial charge in [0.15, 0.2) is 0 Å². The lowest BCUT2D eigenvalue weighted by atomic mass is 9.97. The molecule has 1 saturated heterocycles. The topological polar surface area (TPSA) is 64.6 Å². The molecule has 0 saturated carbocycles. The van der Waals surface area contributed by atoms with Crippen molar-refractivity contribution >= 4 is 17.6 Å². The number of hydrogen-bond acceptors (Lipinski definition) is 4. The molecule has 0 aromatic heterocycles. The molecule has 5 nitrogen and oxygen atoms in total. The van der Waals surface area contributed by atoms with Crippen LogP contribution in [-0.4, -0.2) is 25.6 Å². The second-order valence-electron chi connectivity index (χ2n) is 4.93. The number of aryl methyl sites for hydroxylation is 1. The van der Waals surface area contributed by atoms with Crippen LogP contribution in [0.5, 0.6) is 0 Å². The zero-order valence-electron chi connectivity index (χ0n) is 12.0. The summed E-state index contributed by atoms with van der Waals surface area (Å²) in [6.45, 7) is 4.10. The Hall–Kier alpha value is -1.88. The van der Waals surface area contributed by atoms with Gasteiger partial charge in [-0.25, -0.2) is 4.79 Å². The van der Waals surface area contributed by atoms with Gasteiger partial charge in [-0.1, -0.05) is 0 Å². The Bertz CT molecular complexity index is 533. The maximum atomic E-state index is 11.9. The van der Waals surface area contributed by atoms with Crippen LogP contribution in [0.2, 0.25) is 0 Å². The smallest absolute Gasteiger partial charge is 0.339 e. The fraction of sp³-hybridized carbons (Fsp3) is 0.467. The standard InChI is InChI=1S/C15H19NO4/c1-9-7-13(16-10(2)17)12(15(18)19-3)8-11(9)14-5-4-6-20-14/h7-8,14H,4-6H2,1-3H3,(H,16,17). The molecule has 1 N–H and O–H groups in total. The van der Waals surface area contributed by atoms with Crippen molar-refractivity contribution in [2.45, 2.75) is 32.8 Å². The molecular formula is C15H19NO4. The molecule has 20 heavy (non-hydrogen) atoms. The SMILES string of the molecule is COC(=O)c1cc(C2CCCO2)c(C)cc1NC(C)=O. The third-order valence-corrected chi connectivity index (χ3v) is 3.40. The summed E-state index contributed by atoms with van der Waals surface area (Å²) >= 11 is 0. The Morgan fingerprint density at radius 3 is 2.70 bits per heavy atom. The van der Waals surface area contributed by atoms with Crippen molar-refractivity contribution in [3.8, 4) is 0 Å². The summed E-state index contributed by atoms with van der Waals surface area (Å²) in [5.74, 6) is -0.688. The first kappa shape index (κ1) is 14.5. The Balaban J connectivity index is 2.45. The van der Waals surface area contributed by atoms with Crippen molar-refractivity contribution in [3.05, 3.63) is 28.8 Å². The zero-order chi connectivity index (χ0) is 14.7. The highest BCUT2D eigenvalue weighted by atomic mass is 16.5. The van der Waals surface area contributed by atoms with Gasteiger partial charge in [-0.2, -0.15) is 0 Å². The number of carbonyl (C=O) groups excluding carboxylic acids is 2. The fourth-order valence-corrected chi connectivity index (χ4v) is 2.47. The Morgan fingerprint density at radius 1 is 1.40 bits per heavy atom. The van der Waals surface area contributed by atoms with E-state index in [-0.39, 0.29) is 12.0 Å². The molecule has 1 aliphatic rings. The Morgan fingerprint density at radius 2 is 2.15 bits per heavy atom. The number of hydrogen-bond donors (Lipinski definition) is 1. The highest BCUT2D eigenvalue weighted by Gasteiger charge is 2.23. The molecule has 0 bridgehead atoms. The predicted molar refractivity (Wildman–Crippen MR) is 74.7 cm³/mol. The summed E-state index contributed by atoms with van der Waals surface area (Å²) in [4.78, 5) is 23.1. The van der Waals surface area contributed by atoms with Crippen LogP contribution in [0.1, 0.15) is 47.4 Å². The van der Waals surface area contributed by atoms with E-state index >= 15 is 0 Å². The quantitative estimate of drug-likeness (QED) is 0.862. The van der Waals surface area contributed by atoms with Gasteiger partial charge in [0.25, 0.3) is 0 Å². The lowest BCUT2D eigenvalue weighted by molar-refractivity contribution is -0.114. The molecule has 5 heteroatoms. The van der Waals surface area contributed by atoms with Gasteiger partial charge in [-0.3, -0.25) is 4.79 Å². The first-order valence-corrected chi connectivity index (χ1v) is 6.65. The largest absolute Gasteiger partial charge is 0.465 e. The van der Waals surface area contributed by atoms with Crippen molar-refractivity contribution in [3.63, 3.8) is 0 Å².